The van der Waals surface area contributed by atoms with E-state index >= 15 is 0 Å². The largest absolute Gasteiger partial charge is 0.516 e. The number of carbonyl (C=O) groups is 2. The minimum Gasteiger partial charge on any atom is -0.429 e. The molecule has 1 fully saturated rings. The number of halogens is 1. The molecule has 2 aromatic carbocycles. The molecule has 0 unspecified atom stereocenters. The average Bonchev–Trinajstić information content (AvgIpc) is 3.13. The monoisotopic (exact) mass is 451 g/mol. The highest BCUT2D eigenvalue weighted by molar-refractivity contribution is 14.1. The Hall–Kier alpha value is -1.93. The first-order valence-electron chi connectivity index (χ1n) is 8.05. The van der Waals surface area contributed by atoms with E-state index in [4.69, 9.17) is 9.47 Å². The highest BCUT2D eigenvalue weighted by Crippen LogP contribution is 2.32. The molecule has 1 aliphatic rings. The number of hydrogen-bond acceptors (Lipinski definition) is 5. The van der Waals surface area contributed by atoms with Gasteiger partial charge in [0.2, 0.25) is 0 Å². The summed E-state index contributed by atoms with van der Waals surface area (Å²) in [7, 11) is 0. The van der Waals surface area contributed by atoms with Gasteiger partial charge in [-0.1, -0.05) is 48.5 Å². The van der Waals surface area contributed by atoms with Crippen LogP contribution in [0.15, 0.2) is 54.6 Å². The minimum absolute atomic E-state index is 0.0665. The maximum Gasteiger partial charge on any atom is 0.516 e. The second kappa shape index (κ2) is 7.97. The summed E-state index contributed by atoms with van der Waals surface area (Å²) in [6, 6.07) is 16.9. The van der Waals surface area contributed by atoms with E-state index in [0.717, 1.165) is 21.1 Å². The zero-order valence-electron chi connectivity index (χ0n) is 13.5. The van der Waals surface area contributed by atoms with Crippen LogP contribution >= 0.6 is 22.6 Å². The van der Waals surface area contributed by atoms with Crippen molar-refractivity contribution in [1.82, 2.24) is 5.32 Å². The van der Waals surface area contributed by atoms with E-state index in [1.54, 1.807) is 0 Å². The molecule has 130 valence electrons. The van der Waals surface area contributed by atoms with E-state index in [9.17, 15) is 9.59 Å². The van der Waals surface area contributed by atoms with Crippen molar-refractivity contribution in [2.75, 3.05) is 6.54 Å². The smallest absolute Gasteiger partial charge is 0.429 e. The molecule has 0 aromatic heterocycles. The molecule has 3 rings (SSSR count). The van der Waals surface area contributed by atoms with Crippen LogP contribution in [0, 0.1) is 3.57 Å². The standard InChI is InChI=1S/C19H18INO4/c20-16-10-5-4-7-14(16)13-24-18(23)25-17(22)19(11-6-12-21-19)15-8-2-1-3-9-15/h1-5,7-10,21H,6,11-13H2/t19-/m1/s1. The van der Waals surface area contributed by atoms with Crippen LogP contribution in [-0.4, -0.2) is 18.7 Å². The average molecular weight is 451 g/mol. The predicted molar refractivity (Wildman–Crippen MR) is 101 cm³/mol. The van der Waals surface area contributed by atoms with Crippen LogP contribution in [0.25, 0.3) is 0 Å². The number of esters is 1. The molecule has 0 radical (unpaired) electrons. The molecule has 2 aromatic rings. The molecular formula is C19H18INO4. The summed E-state index contributed by atoms with van der Waals surface area (Å²) in [5.74, 6) is -0.621. The summed E-state index contributed by atoms with van der Waals surface area (Å²) in [5.41, 5.74) is 0.675. The van der Waals surface area contributed by atoms with Crippen molar-refractivity contribution < 1.29 is 19.1 Å². The molecule has 1 atom stereocenters. The summed E-state index contributed by atoms with van der Waals surface area (Å²) in [6.07, 6.45) is 0.440. The number of hydrogen-bond donors (Lipinski definition) is 1. The lowest BCUT2D eigenvalue weighted by Gasteiger charge is -2.26. The summed E-state index contributed by atoms with van der Waals surface area (Å²) in [6.45, 7) is 0.762. The summed E-state index contributed by atoms with van der Waals surface area (Å²) in [4.78, 5) is 24.6. The summed E-state index contributed by atoms with van der Waals surface area (Å²) in [5, 5.41) is 3.19. The predicted octanol–water partition coefficient (Wildman–Crippen LogP) is 3.75. The Morgan fingerprint density at radius 2 is 1.80 bits per heavy atom. The maximum atomic E-state index is 12.7. The first-order valence-corrected chi connectivity index (χ1v) is 9.13. The Bertz CT molecular complexity index is 757. The number of rotatable bonds is 4. The molecule has 6 heteroatoms. The van der Waals surface area contributed by atoms with E-state index < -0.39 is 17.7 Å². The molecule has 1 N–H and O–H groups in total. The molecule has 0 amide bonds. The highest BCUT2D eigenvalue weighted by atomic mass is 127. The van der Waals surface area contributed by atoms with Crippen LogP contribution in [0.5, 0.6) is 0 Å². The molecule has 1 aliphatic heterocycles. The van der Waals surface area contributed by atoms with Crippen molar-refractivity contribution in [3.63, 3.8) is 0 Å². The second-order valence-electron chi connectivity index (χ2n) is 5.82. The van der Waals surface area contributed by atoms with E-state index in [0.29, 0.717) is 13.0 Å². The van der Waals surface area contributed by atoms with Crippen molar-refractivity contribution in [1.29, 1.82) is 0 Å². The normalized spacial score (nSPS) is 19.4. The Morgan fingerprint density at radius 1 is 1.08 bits per heavy atom. The van der Waals surface area contributed by atoms with Gasteiger partial charge < -0.3 is 9.47 Å². The SMILES string of the molecule is O=C(OCc1ccccc1I)OC(=O)[C@]1(c2ccccc2)CCCN1. The fraction of sp³-hybridized carbons (Fsp3) is 0.263. The quantitative estimate of drug-likeness (QED) is 0.436. The van der Waals surface area contributed by atoms with Gasteiger partial charge in [-0.3, -0.25) is 5.32 Å². The van der Waals surface area contributed by atoms with E-state index in [2.05, 4.69) is 27.9 Å². The molecule has 5 nitrogen and oxygen atoms in total. The molecule has 25 heavy (non-hydrogen) atoms. The van der Waals surface area contributed by atoms with Gasteiger partial charge in [-0.05, 0) is 53.6 Å². The summed E-state index contributed by atoms with van der Waals surface area (Å²) < 4.78 is 11.1. The van der Waals surface area contributed by atoms with E-state index in [1.165, 1.54) is 0 Å². The Kier molecular flexibility index (Phi) is 5.70. The number of ether oxygens (including phenoxy) is 2. The van der Waals surface area contributed by atoms with E-state index in [-0.39, 0.29) is 6.61 Å². The van der Waals surface area contributed by atoms with Crippen molar-refractivity contribution in [3.05, 3.63) is 69.3 Å². The van der Waals surface area contributed by atoms with Crippen molar-refractivity contribution in [2.24, 2.45) is 0 Å². The van der Waals surface area contributed by atoms with Crippen molar-refractivity contribution in [2.45, 2.75) is 25.0 Å². The maximum absolute atomic E-state index is 12.7. The highest BCUT2D eigenvalue weighted by Gasteiger charge is 2.45. The van der Waals surface area contributed by atoms with Gasteiger partial charge in [-0.25, -0.2) is 9.59 Å². The number of nitrogens with one attached hydrogen (secondary N) is 1. The van der Waals surface area contributed by atoms with Crippen LogP contribution in [-0.2, 0) is 26.4 Å². The molecular weight excluding hydrogens is 433 g/mol. The fourth-order valence-electron chi connectivity index (χ4n) is 2.95. The van der Waals surface area contributed by atoms with E-state index in [1.807, 2.05) is 54.6 Å². The summed E-state index contributed by atoms with van der Waals surface area (Å²) >= 11 is 2.16. The first-order chi connectivity index (χ1) is 12.1. The number of benzene rings is 2. The first kappa shape index (κ1) is 17.9. The van der Waals surface area contributed by atoms with Crippen LogP contribution < -0.4 is 5.32 Å². The molecule has 1 heterocycles. The molecule has 1 saturated heterocycles. The van der Waals surface area contributed by atoms with Crippen molar-refractivity contribution in [3.8, 4) is 0 Å². The zero-order chi connectivity index (χ0) is 17.7. The van der Waals surface area contributed by atoms with Gasteiger partial charge in [0.25, 0.3) is 0 Å². The van der Waals surface area contributed by atoms with Crippen LogP contribution in [0.3, 0.4) is 0 Å². The third kappa shape index (κ3) is 4.01. The van der Waals surface area contributed by atoms with Gasteiger partial charge in [-0.2, -0.15) is 0 Å². The van der Waals surface area contributed by atoms with Crippen molar-refractivity contribution >= 4 is 34.7 Å². The van der Waals surface area contributed by atoms with Gasteiger partial charge in [0.15, 0.2) is 0 Å². The molecule has 0 bridgehead atoms. The minimum atomic E-state index is -0.985. The lowest BCUT2D eigenvalue weighted by atomic mass is 9.88. The molecule has 0 aliphatic carbocycles. The lowest BCUT2D eigenvalue weighted by Crippen LogP contribution is -2.46. The zero-order valence-corrected chi connectivity index (χ0v) is 15.7. The Morgan fingerprint density at radius 3 is 2.48 bits per heavy atom. The third-order valence-corrected chi connectivity index (χ3v) is 5.30. The Labute approximate surface area is 159 Å². The fourth-order valence-corrected chi connectivity index (χ4v) is 3.49. The van der Waals surface area contributed by atoms with Crippen LogP contribution in [0.2, 0.25) is 0 Å². The van der Waals surface area contributed by atoms with Gasteiger partial charge in [-0.15, -0.1) is 0 Å². The second-order valence-corrected chi connectivity index (χ2v) is 6.98. The molecule has 0 saturated carbocycles. The van der Waals surface area contributed by atoms with Gasteiger partial charge in [0, 0.05) is 9.13 Å². The third-order valence-electron chi connectivity index (χ3n) is 4.25. The number of carbonyl (C=O) groups excluding carboxylic acids is 2. The van der Waals surface area contributed by atoms with Crippen LogP contribution in [0.4, 0.5) is 4.79 Å². The van der Waals surface area contributed by atoms with Gasteiger partial charge in [0.05, 0.1) is 0 Å². The van der Waals surface area contributed by atoms with Crippen LogP contribution in [0.1, 0.15) is 24.0 Å². The van der Waals surface area contributed by atoms with Gasteiger partial charge in [0.1, 0.15) is 12.1 Å². The van der Waals surface area contributed by atoms with Gasteiger partial charge >= 0.3 is 12.1 Å². The Balaban J connectivity index is 1.66. The molecule has 0 spiro atoms. The lowest BCUT2D eigenvalue weighted by molar-refractivity contribution is -0.147. The topological polar surface area (TPSA) is 64.6 Å².